The van der Waals surface area contributed by atoms with E-state index in [-0.39, 0.29) is 18.1 Å². The maximum Gasteiger partial charge on any atom is 0.534 e. The van der Waals surface area contributed by atoms with Crippen molar-refractivity contribution in [2.24, 2.45) is 0 Å². The van der Waals surface area contributed by atoms with Gasteiger partial charge in [0.15, 0.2) is 6.79 Å². The molecule has 190 valence electrons. The summed E-state index contributed by atoms with van der Waals surface area (Å²) >= 11 is 0. The van der Waals surface area contributed by atoms with Crippen molar-refractivity contribution in [3.05, 3.63) is 41.8 Å². The smallest absolute Gasteiger partial charge is 0.468 e. The van der Waals surface area contributed by atoms with Gasteiger partial charge in [0.05, 0.1) is 7.11 Å². The van der Waals surface area contributed by atoms with Crippen LogP contribution in [0.25, 0.3) is 0 Å². The molecule has 14 heteroatoms. The first kappa shape index (κ1) is 27.7. The number of amides is 1. The van der Waals surface area contributed by atoms with Crippen LogP contribution in [-0.2, 0) is 28.6 Å². The molecular formula is C20H26F3NO8SSi. The largest absolute Gasteiger partial charge is 0.534 e. The van der Waals surface area contributed by atoms with E-state index in [2.05, 4.69) is 28.6 Å². The van der Waals surface area contributed by atoms with Gasteiger partial charge in [-0.2, -0.15) is 21.6 Å². The second kappa shape index (κ2) is 10.8. The van der Waals surface area contributed by atoms with E-state index < -0.39 is 53.8 Å². The van der Waals surface area contributed by atoms with Crippen molar-refractivity contribution in [1.29, 1.82) is 0 Å². The molecule has 1 aliphatic rings. The Morgan fingerprint density at radius 1 is 1.21 bits per heavy atom. The first-order valence-corrected chi connectivity index (χ1v) is 15.2. The normalized spacial score (nSPS) is 16.7. The number of rotatable bonds is 10. The Labute approximate surface area is 196 Å². The third-order valence-electron chi connectivity index (χ3n) is 4.61. The van der Waals surface area contributed by atoms with Crippen LogP contribution in [0, 0.1) is 0 Å². The summed E-state index contributed by atoms with van der Waals surface area (Å²) in [6.45, 7) is 7.09. The summed E-state index contributed by atoms with van der Waals surface area (Å²) in [6.07, 6.45) is 0.120. The molecule has 1 amide bonds. The lowest BCUT2D eigenvalue weighted by atomic mass is 10.1. The standard InChI is InChI=1S/C20H26F3NO8SSi/c1-29-19(26)17-11-16(32-33(27,28)20(21,22)23)12-24(17)18(25)14-6-5-7-15(10-14)31-13-30-8-9-34(2,3)4/h5-7,10,12,17H,8-9,11,13H2,1-4H3/t17-/m0/s1. The summed E-state index contributed by atoms with van der Waals surface area (Å²) in [5, 5.41) is 0. The number of esters is 1. The number of benzene rings is 1. The quantitative estimate of drug-likeness (QED) is 0.114. The summed E-state index contributed by atoms with van der Waals surface area (Å²) in [6, 6.07) is 5.36. The second-order valence-electron chi connectivity index (χ2n) is 8.54. The highest BCUT2D eigenvalue weighted by Crippen LogP contribution is 2.32. The average molecular weight is 526 g/mol. The number of carbonyl (C=O) groups is 2. The first-order valence-electron chi connectivity index (χ1n) is 10.1. The highest BCUT2D eigenvalue weighted by molar-refractivity contribution is 7.87. The summed E-state index contributed by atoms with van der Waals surface area (Å²) in [4.78, 5) is 25.8. The van der Waals surface area contributed by atoms with E-state index in [0.29, 0.717) is 6.61 Å². The summed E-state index contributed by atoms with van der Waals surface area (Å²) in [7, 11) is -6.21. The van der Waals surface area contributed by atoms with Crippen molar-refractivity contribution < 1.29 is 49.6 Å². The molecule has 0 radical (unpaired) electrons. The van der Waals surface area contributed by atoms with Crippen molar-refractivity contribution in [3.8, 4) is 5.75 Å². The number of hydrogen-bond acceptors (Lipinski definition) is 8. The number of ether oxygens (including phenoxy) is 3. The van der Waals surface area contributed by atoms with Crippen molar-refractivity contribution in [3.63, 3.8) is 0 Å². The molecule has 1 aliphatic heterocycles. The molecule has 1 heterocycles. The molecular weight excluding hydrogens is 499 g/mol. The summed E-state index contributed by atoms with van der Waals surface area (Å²) in [5.41, 5.74) is -5.64. The number of nitrogens with zero attached hydrogens (tertiary/aromatic N) is 1. The SMILES string of the molecule is COC(=O)[C@@H]1CC(OS(=O)(=O)C(F)(F)F)=CN1C(=O)c1cccc(OCOCC[Si](C)(C)C)c1. The Morgan fingerprint density at radius 3 is 2.47 bits per heavy atom. The first-order chi connectivity index (χ1) is 15.6. The lowest BCUT2D eigenvalue weighted by Gasteiger charge is -2.21. The van der Waals surface area contributed by atoms with Crippen LogP contribution in [0.1, 0.15) is 16.8 Å². The van der Waals surface area contributed by atoms with Gasteiger partial charge in [-0.3, -0.25) is 9.69 Å². The Morgan fingerprint density at radius 2 is 1.88 bits per heavy atom. The van der Waals surface area contributed by atoms with Crippen LogP contribution in [0.2, 0.25) is 25.7 Å². The zero-order chi connectivity index (χ0) is 25.7. The van der Waals surface area contributed by atoms with Gasteiger partial charge in [-0.05, 0) is 24.2 Å². The molecule has 0 N–H and O–H groups in total. The molecule has 1 aromatic rings. The molecule has 0 bridgehead atoms. The number of halogens is 3. The van der Waals surface area contributed by atoms with Crippen LogP contribution in [0.4, 0.5) is 13.2 Å². The maximum atomic E-state index is 13.0. The van der Waals surface area contributed by atoms with Crippen molar-refractivity contribution >= 4 is 30.1 Å². The van der Waals surface area contributed by atoms with E-state index in [1.807, 2.05) is 0 Å². The lowest BCUT2D eigenvalue weighted by Crippen LogP contribution is -2.39. The minimum atomic E-state index is -5.97. The van der Waals surface area contributed by atoms with Crippen molar-refractivity contribution in [1.82, 2.24) is 4.90 Å². The average Bonchev–Trinajstić information content (AvgIpc) is 3.14. The van der Waals surface area contributed by atoms with Crippen LogP contribution in [0.15, 0.2) is 36.2 Å². The third-order valence-corrected chi connectivity index (χ3v) is 7.31. The number of carbonyl (C=O) groups excluding carboxylic acids is 2. The van der Waals surface area contributed by atoms with Gasteiger partial charge in [-0.25, -0.2) is 4.79 Å². The molecule has 9 nitrogen and oxygen atoms in total. The second-order valence-corrected chi connectivity index (χ2v) is 15.7. The topological polar surface area (TPSA) is 108 Å². The minimum absolute atomic E-state index is 0.0321. The fourth-order valence-electron chi connectivity index (χ4n) is 2.78. The fourth-order valence-corrected chi connectivity index (χ4v) is 4.02. The van der Waals surface area contributed by atoms with Gasteiger partial charge >= 0.3 is 21.6 Å². The number of alkyl halides is 3. The molecule has 0 fully saturated rings. The van der Waals surface area contributed by atoms with E-state index in [4.69, 9.17) is 9.47 Å². The highest BCUT2D eigenvalue weighted by atomic mass is 32.2. The van der Waals surface area contributed by atoms with E-state index in [1.54, 1.807) is 6.07 Å². The number of methoxy groups -OCH3 is 1. The van der Waals surface area contributed by atoms with E-state index in [1.165, 1.54) is 18.2 Å². The molecule has 2 rings (SSSR count). The molecule has 1 aromatic carbocycles. The third kappa shape index (κ3) is 7.46. The minimum Gasteiger partial charge on any atom is -0.468 e. The van der Waals surface area contributed by atoms with Gasteiger partial charge in [-0.15, -0.1) is 0 Å². The number of hydrogen-bond donors (Lipinski definition) is 0. The van der Waals surface area contributed by atoms with Gasteiger partial charge in [0.25, 0.3) is 5.91 Å². The molecule has 0 saturated carbocycles. The Kier molecular flexibility index (Phi) is 8.77. The molecule has 1 atom stereocenters. The molecule has 0 unspecified atom stereocenters. The van der Waals surface area contributed by atoms with Crippen LogP contribution in [0.5, 0.6) is 5.75 Å². The molecule has 0 aliphatic carbocycles. The van der Waals surface area contributed by atoms with Gasteiger partial charge in [-0.1, -0.05) is 25.7 Å². The lowest BCUT2D eigenvalue weighted by molar-refractivity contribution is -0.144. The van der Waals surface area contributed by atoms with E-state index >= 15 is 0 Å². The van der Waals surface area contributed by atoms with E-state index in [9.17, 15) is 31.2 Å². The maximum absolute atomic E-state index is 13.0. The van der Waals surface area contributed by atoms with Crippen molar-refractivity contribution in [2.45, 2.75) is 43.7 Å². The highest BCUT2D eigenvalue weighted by Gasteiger charge is 2.50. The van der Waals surface area contributed by atoms with Gasteiger partial charge in [0.1, 0.15) is 17.6 Å². The van der Waals surface area contributed by atoms with Gasteiger partial charge < -0.3 is 18.4 Å². The zero-order valence-electron chi connectivity index (χ0n) is 19.0. The summed E-state index contributed by atoms with van der Waals surface area (Å²) in [5.74, 6) is -2.21. The molecule has 0 spiro atoms. The Bertz CT molecular complexity index is 1040. The summed E-state index contributed by atoms with van der Waals surface area (Å²) < 4.78 is 80.2. The van der Waals surface area contributed by atoms with Crippen LogP contribution < -0.4 is 4.74 Å². The zero-order valence-corrected chi connectivity index (χ0v) is 20.9. The Balaban J connectivity index is 2.15. The predicted octanol–water partition coefficient (Wildman–Crippen LogP) is 3.47. The van der Waals surface area contributed by atoms with Gasteiger partial charge in [0.2, 0.25) is 0 Å². The van der Waals surface area contributed by atoms with Crippen LogP contribution in [0.3, 0.4) is 0 Å². The molecule has 0 saturated heterocycles. The van der Waals surface area contributed by atoms with Crippen LogP contribution >= 0.6 is 0 Å². The van der Waals surface area contributed by atoms with E-state index in [0.717, 1.165) is 24.3 Å². The van der Waals surface area contributed by atoms with Crippen LogP contribution in [-0.4, -0.2) is 65.3 Å². The fraction of sp³-hybridized carbons (Fsp3) is 0.500. The Hall–Kier alpha value is -2.58. The van der Waals surface area contributed by atoms with Crippen molar-refractivity contribution in [2.75, 3.05) is 20.5 Å². The molecule has 0 aromatic heterocycles. The molecule has 34 heavy (non-hydrogen) atoms. The monoisotopic (exact) mass is 525 g/mol. The van der Waals surface area contributed by atoms with Gasteiger partial charge in [0, 0.05) is 32.9 Å². The predicted molar refractivity (Wildman–Crippen MR) is 117 cm³/mol.